The molecule has 1 aliphatic carbocycles. The number of piperidine rings is 1. The van der Waals surface area contributed by atoms with Crippen molar-refractivity contribution in [2.75, 3.05) is 19.6 Å². The van der Waals surface area contributed by atoms with Crippen LogP contribution in [0.15, 0.2) is 24.3 Å². The maximum absolute atomic E-state index is 11.0. The number of hydrogen-bond donors (Lipinski definition) is 1. The molecule has 3 fully saturated rings. The van der Waals surface area contributed by atoms with Crippen molar-refractivity contribution in [3.63, 3.8) is 0 Å². The van der Waals surface area contributed by atoms with E-state index in [2.05, 4.69) is 29.3 Å². The molecular weight excluding hydrogens is 296 g/mol. The summed E-state index contributed by atoms with van der Waals surface area (Å²) in [6.07, 6.45) is 7.85. The molecule has 0 bridgehead atoms. The summed E-state index contributed by atoms with van der Waals surface area (Å²) in [4.78, 5) is 13.7. The highest BCUT2D eigenvalue weighted by Crippen LogP contribution is 2.50. The van der Waals surface area contributed by atoms with Crippen molar-refractivity contribution in [3.05, 3.63) is 35.4 Å². The van der Waals surface area contributed by atoms with Gasteiger partial charge in [0.2, 0.25) is 0 Å². The lowest BCUT2D eigenvalue weighted by atomic mass is 9.77. The molecular formula is C21H30N2O. The van der Waals surface area contributed by atoms with Crippen LogP contribution < -0.4 is 5.32 Å². The Bertz CT molecular complexity index is 564. The van der Waals surface area contributed by atoms with Crippen molar-refractivity contribution in [2.24, 2.45) is 11.8 Å². The highest BCUT2D eigenvalue weighted by atomic mass is 16.1. The minimum absolute atomic E-state index is 0.657. The Hall–Kier alpha value is -1.19. The van der Waals surface area contributed by atoms with E-state index in [-0.39, 0.29) is 0 Å². The monoisotopic (exact) mass is 326 g/mol. The van der Waals surface area contributed by atoms with Crippen molar-refractivity contribution in [1.82, 2.24) is 10.2 Å². The smallest absolute Gasteiger partial charge is 0.150 e. The van der Waals surface area contributed by atoms with Crippen LogP contribution in [0.5, 0.6) is 0 Å². The quantitative estimate of drug-likeness (QED) is 0.615. The van der Waals surface area contributed by atoms with Gasteiger partial charge in [0.15, 0.2) is 0 Å². The first-order valence-electron chi connectivity index (χ1n) is 9.83. The Balaban J connectivity index is 1.55. The predicted octanol–water partition coefficient (Wildman–Crippen LogP) is 3.46. The second-order valence-corrected chi connectivity index (χ2v) is 7.99. The van der Waals surface area contributed by atoms with E-state index in [1.807, 2.05) is 12.1 Å². The number of rotatable bonds is 7. The summed E-state index contributed by atoms with van der Waals surface area (Å²) in [6.45, 7) is 5.76. The maximum atomic E-state index is 11.0. The fourth-order valence-corrected chi connectivity index (χ4v) is 5.40. The number of nitrogens with zero attached hydrogens (tertiary/aromatic N) is 1. The Kier molecular flexibility index (Phi) is 4.73. The predicted molar refractivity (Wildman–Crippen MR) is 97.5 cm³/mol. The van der Waals surface area contributed by atoms with Crippen molar-refractivity contribution >= 4 is 6.29 Å². The van der Waals surface area contributed by atoms with Crippen LogP contribution in [0.3, 0.4) is 0 Å². The first kappa shape index (κ1) is 16.3. The zero-order chi connectivity index (χ0) is 16.5. The van der Waals surface area contributed by atoms with Crippen molar-refractivity contribution < 1.29 is 4.79 Å². The second kappa shape index (κ2) is 6.97. The number of carbonyl (C=O) groups is 1. The van der Waals surface area contributed by atoms with Crippen molar-refractivity contribution in [2.45, 2.75) is 57.0 Å². The first-order valence-corrected chi connectivity index (χ1v) is 9.83. The fourth-order valence-electron chi connectivity index (χ4n) is 5.40. The Morgan fingerprint density at radius 3 is 2.67 bits per heavy atom. The van der Waals surface area contributed by atoms with Crippen LogP contribution in [0, 0.1) is 11.8 Å². The molecule has 2 saturated heterocycles. The van der Waals surface area contributed by atoms with Gasteiger partial charge in [0, 0.05) is 30.1 Å². The molecule has 130 valence electrons. The number of benzene rings is 1. The first-order chi connectivity index (χ1) is 11.8. The Morgan fingerprint density at radius 2 is 2.00 bits per heavy atom. The fraction of sp³-hybridized carbons (Fsp3) is 0.667. The van der Waals surface area contributed by atoms with Gasteiger partial charge in [-0.05, 0) is 49.8 Å². The van der Waals surface area contributed by atoms with Gasteiger partial charge in [0.05, 0.1) is 0 Å². The molecule has 3 nitrogen and oxygen atoms in total. The molecule has 1 N–H and O–H groups in total. The standard InChI is InChI=1S/C21H30N2O/c1-2-22-12-18-11-19(23-13-20(18)23)21(16-5-3-4-6-16)17-9-7-15(14-24)8-10-17/h7-10,14,16,18-22H,2-6,11-13H2,1H3. The van der Waals surface area contributed by atoms with E-state index in [1.165, 1.54) is 50.8 Å². The Morgan fingerprint density at radius 1 is 1.25 bits per heavy atom. The molecule has 3 aliphatic rings. The second-order valence-electron chi connectivity index (χ2n) is 7.99. The van der Waals surface area contributed by atoms with Gasteiger partial charge in [0.1, 0.15) is 6.29 Å². The van der Waals surface area contributed by atoms with Crippen LogP contribution in [0.25, 0.3) is 0 Å². The molecule has 24 heavy (non-hydrogen) atoms. The van der Waals surface area contributed by atoms with Crippen LogP contribution in [0.4, 0.5) is 0 Å². The Labute approximate surface area is 145 Å². The normalized spacial score (nSPS) is 33.4. The molecule has 1 aromatic carbocycles. The molecule has 0 amide bonds. The summed E-state index contributed by atoms with van der Waals surface area (Å²) in [5.41, 5.74) is 2.26. The van der Waals surface area contributed by atoms with Gasteiger partial charge >= 0.3 is 0 Å². The highest BCUT2D eigenvalue weighted by molar-refractivity contribution is 5.74. The van der Waals surface area contributed by atoms with E-state index in [1.54, 1.807) is 0 Å². The summed E-state index contributed by atoms with van der Waals surface area (Å²) < 4.78 is 0. The lowest BCUT2D eigenvalue weighted by Gasteiger charge is -2.32. The number of aldehydes is 1. The van der Waals surface area contributed by atoms with E-state index in [0.717, 1.165) is 36.3 Å². The zero-order valence-electron chi connectivity index (χ0n) is 14.8. The molecule has 1 saturated carbocycles. The molecule has 5 atom stereocenters. The average molecular weight is 326 g/mol. The van der Waals surface area contributed by atoms with Gasteiger partial charge in [-0.1, -0.05) is 44.0 Å². The third-order valence-electron chi connectivity index (χ3n) is 6.64. The van der Waals surface area contributed by atoms with Gasteiger partial charge in [-0.25, -0.2) is 0 Å². The van der Waals surface area contributed by atoms with Crippen LogP contribution in [-0.4, -0.2) is 42.9 Å². The molecule has 3 heteroatoms. The zero-order valence-corrected chi connectivity index (χ0v) is 14.8. The van der Waals surface area contributed by atoms with E-state index < -0.39 is 0 Å². The summed E-state index contributed by atoms with van der Waals surface area (Å²) in [5, 5.41) is 3.57. The van der Waals surface area contributed by atoms with E-state index in [0.29, 0.717) is 12.0 Å². The largest absolute Gasteiger partial charge is 0.317 e. The van der Waals surface area contributed by atoms with Crippen molar-refractivity contribution in [1.29, 1.82) is 0 Å². The molecule has 0 aromatic heterocycles. The molecule has 2 aliphatic heterocycles. The lowest BCUT2D eigenvalue weighted by molar-refractivity contribution is 0.112. The van der Waals surface area contributed by atoms with Gasteiger partial charge in [-0.2, -0.15) is 0 Å². The number of carbonyl (C=O) groups excluding carboxylic acids is 1. The third-order valence-corrected chi connectivity index (χ3v) is 6.64. The minimum Gasteiger partial charge on any atom is -0.317 e. The summed E-state index contributed by atoms with van der Waals surface area (Å²) >= 11 is 0. The van der Waals surface area contributed by atoms with Gasteiger partial charge in [-0.15, -0.1) is 0 Å². The van der Waals surface area contributed by atoms with Crippen LogP contribution in [-0.2, 0) is 0 Å². The van der Waals surface area contributed by atoms with E-state index in [4.69, 9.17) is 0 Å². The third kappa shape index (κ3) is 3.04. The molecule has 0 radical (unpaired) electrons. The lowest BCUT2D eigenvalue weighted by Crippen LogP contribution is -2.31. The van der Waals surface area contributed by atoms with Crippen LogP contribution >= 0.6 is 0 Å². The highest BCUT2D eigenvalue weighted by Gasteiger charge is 2.54. The summed E-state index contributed by atoms with van der Waals surface area (Å²) in [5.74, 6) is 2.31. The summed E-state index contributed by atoms with van der Waals surface area (Å²) in [7, 11) is 0. The molecule has 2 heterocycles. The maximum Gasteiger partial charge on any atom is 0.150 e. The van der Waals surface area contributed by atoms with Crippen molar-refractivity contribution in [3.8, 4) is 0 Å². The minimum atomic E-state index is 0.657. The van der Waals surface area contributed by atoms with E-state index >= 15 is 0 Å². The molecule has 1 aromatic rings. The average Bonchev–Trinajstić information content (AvgIpc) is 3.08. The molecule has 5 unspecified atom stereocenters. The number of fused-ring (bicyclic) bond motifs is 1. The topological polar surface area (TPSA) is 32.1 Å². The van der Waals surface area contributed by atoms with Crippen LogP contribution in [0.1, 0.15) is 60.9 Å². The SMILES string of the molecule is CCNCC1CC(C(c2ccc(C=O)cc2)C2CCCC2)N2CC12. The van der Waals surface area contributed by atoms with E-state index in [9.17, 15) is 4.79 Å². The van der Waals surface area contributed by atoms with Gasteiger partial charge in [-0.3, -0.25) is 9.69 Å². The molecule has 0 spiro atoms. The van der Waals surface area contributed by atoms with Gasteiger partial charge < -0.3 is 5.32 Å². The number of nitrogens with one attached hydrogen (secondary N) is 1. The van der Waals surface area contributed by atoms with Crippen LogP contribution in [0.2, 0.25) is 0 Å². The summed E-state index contributed by atoms with van der Waals surface area (Å²) in [6, 6.07) is 10.0. The number of hydrogen-bond acceptors (Lipinski definition) is 3. The molecule has 4 rings (SSSR count). The van der Waals surface area contributed by atoms with Gasteiger partial charge in [0.25, 0.3) is 0 Å².